The normalized spacial score (nSPS) is 10.8. The van der Waals surface area contributed by atoms with Crippen molar-refractivity contribution in [3.63, 3.8) is 0 Å². The molecule has 2 aromatic rings. The van der Waals surface area contributed by atoms with Crippen molar-refractivity contribution in [2.75, 3.05) is 6.54 Å². The van der Waals surface area contributed by atoms with Crippen molar-refractivity contribution in [1.29, 1.82) is 0 Å². The van der Waals surface area contributed by atoms with E-state index in [1.54, 1.807) is 0 Å². The molecule has 1 aromatic carbocycles. The van der Waals surface area contributed by atoms with Gasteiger partial charge in [-0.3, -0.25) is 4.79 Å². The van der Waals surface area contributed by atoms with E-state index in [2.05, 4.69) is 36.3 Å². The zero-order valence-electron chi connectivity index (χ0n) is 13.9. The topological polar surface area (TPSA) is 79.3 Å². The summed E-state index contributed by atoms with van der Waals surface area (Å²) < 4.78 is 0. The molecular formula is C18H22N2O3S. The first-order chi connectivity index (χ1) is 11.4. The zero-order valence-corrected chi connectivity index (χ0v) is 14.7. The van der Waals surface area contributed by atoms with Crippen LogP contribution in [0.2, 0.25) is 0 Å². The maximum absolute atomic E-state index is 12.0. The molecule has 6 heteroatoms. The van der Waals surface area contributed by atoms with Crippen molar-refractivity contribution in [2.45, 2.75) is 33.1 Å². The van der Waals surface area contributed by atoms with Crippen molar-refractivity contribution in [2.24, 2.45) is 5.92 Å². The maximum Gasteiger partial charge on any atom is 0.355 e. The van der Waals surface area contributed by atoms with Gasteiger partial charge in [0.2, 0.25) is 5.91 Å². The minimum Gasteiger partial charge on any atom is -0.476 e. The number of carboxylic acid groups (broad SMARTS) is 1. The Morgan fingerprint density at radius 3 is 2.46 bits per heavy atom. The Kier molecular flexibility index (Phi) is 6.49. The monoisotopic (exact) mass is 346 g/mol. The van der Waals surface area contributed by atoms with Crippen LogP contribution < -0.4 is 5.32 Å². The number of amides is 1. The lowest BCUT2D eigenvalue weighted by molar-refractivity contribution is -0.120. The molecular weight excluding hydrogens is 324 g/mol. The third-order valence-corrected chi connectivity index (χ3v) is 4.37. The minimum absolute atomic E-state index is 0.0402. The molecule has 5 nitrogen and oxygen atoms in total. The molecule has 24 heavy (non-hydrogen) atoms. The number of carbonyl (C=O) groups excluding carboxylic acids is 1. The second-order valence-electron chi connectivity index (χ2n) is 6.12. The number of nitrogens with one attached hydrogen (secondary N) is 1. The number of hydrogen-bond acceptors (Lipinski definition) is 4. The highest BCUT2D eigenvalue weighted by Crippen LogP contribution is 2.11. The van der Waals surface area contributed by atoms with Crippen LogP contribution in [0.5, 0.6) is 0 Å². The van der Waals surface area contributed by atoms with Gasteiger partial charge in [0, 0.05) is 18.3 Å². The number of nitrogens with zero attached hydrogens (tertiary/aromatic N) is 1. The van der Waals surface area contributed by atoms with Crippen LogP contribution in [-0.4, -0.2) is 28.5 Å². The van der Waals surface area contributed by atoms with Crippen molar-refractivity contribution in [3.8, 4) is 0 Å². The summed E-state index contributed by atoms with van der Waals surface area (Å²) in [6.45, 7) is 4.82. The summed E-state index contributed by atoms with van der Waals surface area (Å²) in [5.41, 5.74) is 2.33. The van der Waals surface area contributed by atoms with E-state index >= 15 is 0 Å². The summed E-state index contributed by atoms with van der Waals surface area (Å²) in [4.78, 5) is 26.7. The number of aromatic carboxylic acids is 1. The van der Waals surface area contributed by atoms with Crippen molar-refractivity contribution in [3.05, 3.63) is 51.5 Å². The van der Waals surface area contributed by atoms with Gasteiger partial charge in [-0.1, -0.05) is 38.1 Å². The van der Waals surface area contributed by atoms with Gasteiger partial charge in [0.15, 0.2) is 5.69 Å². The molecule has 0 aliphatic heterocycles. The van der Waals surface area contributed by atoms with E-state index in [1.807, 2.05) is 12.1 Å². The van der Waals surface area contributed by atoms with E-state index in [-0.39, 0.29) is 11.6 Å². The first kappa shape index (κ1) is 18.1. The van der Waals surface area contributed by atoms with E-state index in [9.17, 15) is 9.59 Å². The van der Waals surface area contributed by atoms with Gasteiger partial charge in [-0.25, -0.2) is 9.78 Å². The number of rotatable bonds is 8. The van der Waals surface area contributed by atoms with Gasteiger partial charge < -0.3 is 10.4 Å². The highest BCUT2D eigenvalue weighted by Gasteiger charge is 2.09. The fraction of sp³-hybridized carbons (Fsp3) is 0.389. The summed E-state index contributed by atoms with van der Waals surface area (Å²) in [5, 5.41) is 13.9. The van der Waals surface area contributed by atoms with Gasteiger partial charge in [0.25, 0.3) is 0 Å². The van der Waals surface area contributed by atoms with Gasteiger partial charge in [0.1, 0.15) is 0 Å². The molecule has 0 atom stereocenters. The Morgan fingerprint density at radius 2 is 1.88 bits per heavy atom. The third kappa shape index (κ3) is 5.77. The Bertz CT molecular complexity index is 693. The minimum atomic E-state index is -1.03. The predicted molar refractivity (Wildman–Crippen MR) is 94.5 cm³/mol. The molecule has 0 bridgehead atoms. The molecule has 0 aliphatic rings. The lowest BCUT2D eigenvalue weighted by Crippen LogP contribution is -2.27. The van der Waals surface area contributed by atoms with Crippen LogP contribution in [0.4, 0.5) is 0 Å². The number of hydrogen-bond donors (Lipinski definition) is 2. The SMILES string of the molecule is CC(C)Cc1ccc(CC(=O)NCCc2nc(C(=O)O)cs2)cc1. The highest BCUT2D eigenvalue weighted by molar-refractivity contribution is 7.09. The molecule has 0 spiro atoms. The van der Waals surface area contributed by atoms with Crippen molar-refractivity contribution < 1.29 is 14.7 Å². The van der Waals surface area contributed by atoms with Crippen LogP contribution in [-0.2, 0) is 24.1 Å². The number of carboxylic acids is 1. The fourth-order valence-corrected chi connectivity index (χ4v) is 3.12. The molecule has 1 amide bonds. The van der Waals surface area contributed by atoms with Crippen molar-refractivity contribution >= 4 is 23.2 Å². The van der Waals surface area contributed by atoms with Gasteiger partial charge >= 0.3 is 5.97 Å². The quantitative estimate of drug-likeness (QED) is 0.770. The molecule has 128 valence electrons. The molecule has 0 saturated carbocycles. The van der Waals surface area contributed by atoms with Crippen LogP contribution in [0.25, 0.3) is 0 Å². The van der Waals surface area contributed by atoms with E-state index in [4.69, 9.17) is 5.11 Å². The Labute approximate surface area is 145 Å². The molecule has 1 heterocycles. The van der Waals surface area contributed by atoms with Crippen molar-refractivity contribution in [1.82, 2.24) is 10.3 Å². The van der Waals surface area contributed by atoms with E-state index in [0.717, 1.165) is 12.0 Å². The van der Waals surface area contributed by atoms with Gasteiger partial charge in [-0.15, -0.1) is 11.3 Å². The third-order valence-electron chi connectivity index (χ3n) is 3.46. The summed E-state index contributed by atoms with van der Waals surface area (Å²) >= 11 is 1.30. The smallest absolute Gasteiger partial charge is 0.355 e. The van der Waals surface area contributed by atoms with Gasteiger partial charge in [-0.2, -0.15) is 0 Å². The average molecular weight is 346 g/mol. The van der Waals surface area contributed by atoms with Gasteiger partial charge in [0.05, 0.1) is 11.4 Å². The summed E-state index contributed by atoms with van der Waals surface area (Å²) in [5.74, 6) is -0.448. The number of aromatic nitrogens is 1. The predicted octanol–water partition coefficient (Wildman–Crippen LogP) is 2.94. The van der Waals surface area contributed by atoms with Gasteiger partial charge in [-0.05, 0) is 23.5 Å². The average Bonchev–Trinajstić information content (AvgIpc) is 2.98. The Hall–Kier alpha value is -2.21. The first-order valence-corrected chi connectivity index (χ1v) is 8.84. The van der Waals surface area contributed by atoms with Crippen LogP contribution in [0.15, 0.2) is 29.6 Å². The second-order valence-corrected chi connectivity index (χ2v) is 7.07. The number of thiazole rings is 1. The number of benzene rings is 1. The molecule has 0 unspecified atom stereocenters. The Morgan fingerprint density at radius 1 is 1.21 bits per heavy atom. The summed E-state index contributed by atoms with van der Waals surface area (Å²) in [6, 6.07) is 8.14. The first-order valence-electron chi connectivity index (χ1n) is 7.96. The fourth-order valence-electron chi connectivity index (χ4n) is 2.35. The molecule has 1 aromatic heterocycles. The summed E-state index contributed by atoms with van der Waals surface area (Å²) in [6.07, 6.45) is 1.93. The van der Waals surface area contributed by atoms with Crippen LogP contribution in [0.3, 0.4) is 0 Å². The molecule has 0 aliphatic carbocycles. The largest absolute Gasteiger partial charge is 0.476 e. The molecule has 0 fully saturated rings. The molecule has 0 radical (unpaired) electrons. The molecule has 2 N–H and O–H groups in total. The second kappa shape index (κ2) is 8.59. The zero-order chi connectivity index (χ0) is 17.5. The lowest BCUT2D eigenvalue weighted by atomic mass is 10.0. The van der Waals surface area contributed by atoms with E-state index in [1.165, 1.54) is 22.3 Å². The molecule has 0 saturated heterocycles. The summed E-state index contributed by atoms with van der Waals surface area (Å²) in [7, 11) is 0. The van der Waals surface area contributed by atoms with Crippen LogP contribution in [0.1, 0.15) is 40.5 Å². The molecule has 2 rings (SSSR count). The Balaban J connectivity index is 1.75. The van der Waals surface area contributed by atoms with Crippen LogP contribution >= 0.6 is 11.3 Å². The number of carbonyl (C=O) groups is 2. The van der Waals surface area contributed by atoms with Crippen LogP contribution in [0, 0.1) is 5.92 Å². The van der Waals surface area contributed by atoms with E-state index < -0.39 is 5.97 Å². The lowest BCUT2D eigenvalue weighted by Gasteiger charge is -2.07. The standard InChI is InChI=1S/C18H22N2O3S/c1-12(2)9-13-3-5-14(6-4-13)10-16(21)19-8-7-17-20-15(11-24-17)18(22)23/h3-6,11-12H,7-10H2,1-2H3,(H,19,21)(H,22,23). The van der Waals surface area contributed by atoms with E-state index in [0.29, 0.717) is 30.3 Å². The maximum atomic E-state index is 12.0. The highest BCUT2D eigenvalue weighted by atomic mass is 32.1.